The topological polar surface area (TPSA) is 52.3 Å². The van der Waals surface area contributed by atoms with Crippen molar-refractivity contribution >= 4 is 21.8 Å². The molecule has 0 saturated carbocycles. The molecule has 98 valence electrons. The molecule has 0 aliphatic rings. The Morgan fingerprint density at radius 3 is 2.63 bits per heavy atom. The van der Waals surface area contributed by atoms with E-state index < -0.39 is 11.7 Å². The Morgan fingerprint density at radius 1 is 1.26 bits per heavy atom. The second kappa shape index (κ2) is 5.40. The van der Waals surface area contributed by atoms with Crippen LogP contribution in [0.1, 0.15) is 10.4 Å². The van der Waals surface area contributed by atoms with Crippen molar-refractivity contribution in [2.24, 2.45) is 5.73 Å². The van der Waals surface area contributed by atoms with E-state index in [0.717, 1.165) is 0 Å². The molecule has 0 spiro atoms. The molecule has 0 fully saturated rings. The van der Waals surface area contributed by atoms with Crippen molar-refractivity contribution in [3.05, 3.63) is 52.3 Å². The number of hydrogen-bond acceptors (Lipinski definition) is 2. The largest absolute Gasteiger partial charge is 0.497 e. The van der Waals surface area contributed by atoms with Gasteiger partial charge in [-0.15, -0.1) is 0 Å². The van der Waals surface area contributed by atoms with E-state index in [1.165, 1.54) is 19.2 Å². The first-order chi connectivity index (χ1) is 9.01. The van der Waals surface area contributed by atoms with Gasteiger partial charge in [0.05, 0.1) is 7.11 Å². The second-order valence-corrected chi connectivity index (χ2v) is 4.85. The lowest BCUT2D eigenvalue weighted by molar-refractivity contribution is 0.100. The molecule has 2 aromatic carbocycles. The van der Waals surface area contributed by atoms with Crippen LogP contribution >= 0.6 is 15.9 Å². The molecule has 0 saturated heterocycles. The highest BCUT2D eigenvalue weighted by atomic mass is 79.9. The van der Waals surface area contributed by atoms with Crippen LogP contribution < -0.4 is 10.5 Å². The number of benzene rings is 2. The summed E-state index contributed by atoms with van der Waals surface area (Å²) in [6.45, 7) is 0. The van der Waals surface area contributed by atoms with Crippen LogP contribution in [-0.2, 0) is 0 Å². The van der Waals surface area contributed by atoms with E-state index in [9.17, 15) is 9.18 Å². The minimum atomic E-state index is -0.564. The maximum absolute atomic E-state index is 13.9. The average Bonchev–Trinajstić information content (AvgIpc) is 2.38. The van der Waals surface area contributed by atoms with Gasteiger partial charge in [-0.1, -0.05) is 15.9 Å². The average molecular weight is 324 g/mol. The monoisotopic (exact) mass is 323 g/mol. The van der Waals surface area contributed by atoms with Crippen LogP contribution in [0.15, 0.2) is 40.9 Å². The quantitative estimate of drug-likeness (QED) is 0.941. The van der Waals surface area contributed by atoms with Crippen LogP contribution in [0.5, 0.6) is 5.75 Å². The Balaban J connectivity index is 2.61. The zero-order chi connectivity index (χ0) is 14.0. The molecule has 5 heteroatoms. The third-order valence-electron chi connectivity index (χ3n) is 2.67. The fraction of sp³-hybridized carbons (Fsp3) is 0.0714. The predicted octanol–water partition coefficient (Wildman–Crippen LogP) is 3.36. The third kappa shape index (κ3) is 2.93. The molecule has 0 aliphatic heterocycles. The molecule has 2 aromatic rings. The van der Waals surface area contributed by atoms with Crippen molar-refractivity contribution in [2.75, 3.05) is 7.11 Å². The summed E-state index contributed by atoms with van der Waals surface area (Å²) in [5.41, 5.74) is 6.46. The van der Waals surface area contributed by atoms with Crippen molar-refractivity contribution in [1.82, 2.24) is 0 Å². The van der Waals surface area contributed by atoms with Crippen molar-refractivity contribution in [2.45, 2.75) is 0 Å². The number of methoxy groups -OCH3 is 1. The van der Waals surface area contributed by atoms with Gasteiger partial charge in [-0.3, -0.25) is 4.79 Å². The summed E-state index contributed by atoms with van der Waals surface area (Å²) in [5, 5.41) is 0. The van der Waals surface area contributed by atoms with Crippen LogP contribution in [0, 0.1) is 5.82 Å². The second-order valence-electron chi connectivity index (χ2n) is 3.94. The maximum atomic E-state index is 13.9. The van der Waals surface area contributed by atoms with Gasteiger partial charge in [0, 0.05) is 15.6 Å². The van der Waals surface area contributed by atoms with Gasteiger partial charge in [0.25, 0.3) is 0 Å². The first kappa shape index (κ1) is 13.5. The number of amides is 1. The van der Waals surface area contributed by atoms with E-state index in [1.54, 1.807) is 24.3 Å². The first-order valence-electron chi connectivity index (χ1n) is 5.45. The number of rotatable bonds is 3. The normalized spacial score (nSPS) is 10.3. The van der Waals surface area contributed by atoms with E-state index in [4.69, 9.17) is 10.5 Å². The van der Waals surface area contributed by atoms with E-state index >= 15 is 0 Å². The Bertz CT molecular complexity index is 643. The van der Waals surface area contributed by atoms with E-state index in [2.05, 4.69) is 15.9 Å². The fourth-order valence-electron chi connectivity index (χ4n) is 1.74. The number of halogens is 2. The molecule has 0 radical (unpaired) electrons. The van der Waals surface area contributed by atoms with Crippen molar-refractivity contribution in [3.63, 3.8) is 0 Å². The molecule has 0 unspecified atom stereocenters. The van der Waals surface area contributed by atoms with Gasteiger partial charge in [-0.2, -0.15) is 0 Å². The van der Waals surface area contributed by atoms with E-state index in [0.29, 0.717) is 26.9 Å². The Kier molecular flexibility index (Phi) is 3.85. The Hall–Kier alpha value is -1.88. The number of ether oxygens (including phenoxy) is 1. The molecular weight excluding hydrogens is 313 g/mol. The molecular formula is C14H11BrFNO2. The zero-order valence-electron chi connectivity index (χ0n) is 10.1. The van der Waals surface area contributed by atoms with Gasteiger partial charge < -0.3 is 10.5 Å². The summed E-state index contributed by atoms with van der Waals surface area (Å²) >= 11 is 3.28. The SMILES string of the molecule is COc1ccc(F)c(-c2cc(Br)cc(C(N)=O)c2)c1. The standard InChI is InChI=1S/C14H11BrFNO2/c1-19-11-2-3-13(16)12(7-11)8-4-9(14(17)18)6-10(15)5-8/h2-7H,1H3,(H2,17,18). The van der Waals surface area contributed by atoms with Gasteiger partial charge in [0.15, 0.2) is 0 Å². The third-order valence-corrected chi connectivity index (χ3v) is 3.12. The van der Waals surface area contributed by atoms with Crippen LogP contribution in [0.25, 0.3) is 11.1 Å². The van der Waals surface area contributed by atoms with Crippen LogP contribution in [0.2, 0.25) is 0 Å². The zero-order valence-corrected chi connectivity index (χ0v) is 11.7. The molecule has 19 heavy (non-hydrogen) atoms. The number of primary amides is 1. The van der Waals surface area contributed by atoms with Crippen molar-refractivity contribution < 1.29 is 13.9 Å². The van der Waals surface area contributed by atoms with E-state index in [1.807, 2.05) is 0 Å². The summed E-state index contributed by atoms with van der Waals surface area (Å²) in [4.78, 5) is 11.2. The maximum Gasteiger partial charge on any atom is 0.248 e. The molecule has 0 aliphatic carbocycles. The summed E-state index contributed by atoms with van der Waals surface area (Å²) in [7, 11) is 1.51. The highest BCUT2D eigenvalue weighted by molar-refractivity contribution is 9.10. The van der Waals surface area contributed by atoms with Crippen molar-refractivity contribution in [1.29, 1.82) is 0 Å². The lowest BCUT2D eigenvalue weighted by Gasteiger charge is -2.08. The molecule has 0 aromatic heterocycles. The predicted molar refractivity (Wildman–Crippen MR) is 74.6 cm³/mol. The van der Waals surface area contributed by atoms with Gasteiger partial charge in [-0.25, -0.2) is 4.39 Å². The van der Waals surface area contributed by atoms with Crippen LogP contribution in [0.4, 0.5) is 4.39 Å². The van der Waals surface area contributed by atoms with Crippen LogP contribution in [0.3, 0.4) is 0 Å². The van der Waals surface area contributed by atoms with Gasteiger partial charge in [0.2, 0.25) is 5.91 Å². The highest BCUT2D eigenvalue weighted by Gasteiger charge is 2.10. The molecule has 0 heterocycles. The van der Waals surface area contributed by atoms with Crippen molar-refractivity contribution in [3.8, 4) is 16.9 Å². The summed E-state index contributed by atoms with van der Waals surface area (Å²) in [5.74, 6) is -0.419. The van der Waals surface area contributed by atoms with Crippen LogP contribution in [-0.4, -0.2) is 13.0 Å². The van der Waals surface area contributed by atoms with Gasteiger partial charge in [-0.05, 0) is 42.0 Å². The Morgan fingerprint density at radius 2 is 2.00 bits per heavy atom. The smallest absolute Gasteiger partial charge is 0.248 e. The molecule has 3 nitrogen and oxygen atoms in total. The number of carbonyl (C=O) groups excluding carboxylic acids is 1. The lowest BCUT2D eigenvalue weighted by atomic mass is 10.0. The minimum absolute atomic E-state index is 0.312. The molecule has 0 bridgehead atoms. The molecule has 2 rings (SSSR count). The first-order valence-corrected chi connectivity index (χ1v) is 6.25. The number of hydrogen-bond donors (Lipinski definition) is 1. The van der Waals surface area contributed by atoms with Gasteiger partial charge >= 0.3 is 0 Å². The highest BCUT2D eigenvalue weighted by Crippen LogP contribution is 2.30. The van der Waals surface area contributed by atoms with Gasteiger partial charge in [0.1, 0.15) is 11.6 Å². The number of nitrogens with two attached hydrogens (primary N) is 1. The fourth-order valence-corrected chi connectivity index (χ4v) is 2.23. The molecule has 2 N–H and O–H groups in total. The molecule has 0 atom stereocenters. The summed E-state index contributed by atoms with van der Waals surface area (Å²) < 4.78 is 19.6. The molecule has 1 amide bonds. The number of carbonyl (C=O) groups is 1. The lowest BCUT2D eigenvalue weighted by Crippen LogP contribution is -2.10. The Labute approximate surface area is 118 Å². The summed E-state index contributed by atoms with van der Waals surface area (Å²) in [6.07, 6.45) is 0. The minimum Gasteiger partial charge on any atom is -0.497 e. The van der Waals surface area contributed by atoms with E-state index in [-0.39, 0.29) is 0 Å². The summed E-state index contributed by atoms with van der Waals surface area (Å²) in [6, 6.07) is 9.27.